The van der Waals surface area contributed by atoms with Gasteiger partial charge >= 0.3 is 0 Å². The normalized spacial score (nSPS) is 29.4. The van der Waals surface area contributed by atoms with Crippen molar-refractivity contribution < 1.29 is 0 Å². The topological polar surface area (TPSA) is 0 Å². The van der Waals surface area contributed by atoms with Gasteiger partial charge in [-0.2, -0.15) is 0 Å². The quantitative estimate of drug-likeness (QED) is 0.440. The van der Waals surface area contributed by atoms with Crippen molar-refractivity contribution in [2.24, 2.45) is 47.3 Å². The Morgan fingerprint density at radius 2 is 1.00 bits per heavy atom. The first-order valence-corrected chi connectivity index (χ1v) is 11.1. The molecule has 0 bridgehead atoms. The molecule has 2 aliphatic rings. The molecule has 1 fully saturated rings. The van der Waals surface area contributed by atoms with Gasteiger partial charge < -0.3 is 0 Å². The molecule has 0 unspecified atom stereocenters. The van der Waals surface area contributed by atoms with Crippen molar-refractivity contribution in [2.45, 2.75) is 87.5 Å². The molecule has 0 aromatic rings. The average molecular weight is 347 g/mol. The second kappa shape index (κ2) is 11.2. The number of allylic oxidation sites excluding steroid dienone is 4. The van der Waals surface area contributed by atoms with Crippen molar-refractivity contribution in [3.8, 4) is 0 Å². The van der Waals surface area contributed by atoms with Crippen LogP contribution in [-0.2, 0) is 0 Å². The number of hydrogen-bond donors (Lipinski definition) is 0. The van der Waals surface area contributed by atoms with E-state index < -0.39 is 0 Å². The second-order valence-electron chi connectivity index (χ2n) is 10.1. The van der Waals surface area contributed by atoms with Crippen molar-refractivity contribution in [1.82, 2.24) is 0 Å². The SMILES string of the molecule is CC(C)C1C=CC(C(C)C)C=C1.CC(C)CC1CCC(C(C)C)CC1. The van der Waals surface area contributed by atoms with Crippen LogP contribution in [0, 0.1) is 47.3 Å². The molecule has 0 aliphatic heterocycles. The van der Waals surface area contributed by atoms with E-state index in [-0.39, 0.29) is 0 Å². The van der Waals surface area contributed by atoms with E-state index in [9.17, 15) is 0 Å². The first-order chi connectivity index (χ1) is 11.7. The Hall–Kier alpha value is -0.520. The summed E-state index contributed by atoms with van der Waals surface area (Å²) in [5, 5.41) is 0. The van der Waals surface area contributed by atoms with Crippen LogP contribution >= 0.6 is 0 Å². The zero-order valence-corrected chi connectivity index (χ0v) is 18.5. The Morgan fingerprint density at radius 1 is 0.600 bits per heavy atom. The Labute approximate surface area is 159 Å². The number of hydrogen-bond acceptors (Lipinski definition) is 0. The standard InChI is InChI=1S/C13H26.C12H20/c1-10(2)9-12-5-7-13(8-6-12)11(3)4;1-9(2)11-5-7-12(8-6-11)10(3)4/h10-13H,5-9H2,1-4H3;5-12H,1-4H3. The molecule has 2 aliphatic carbocycles. The van der Waals surface area contributed by atoms with Gasteiger partial charge in [-0.15, -0.1) is 0 Å². The summed E-state index contributed by atoms with van der Waals surface area (Å²) >= 11 is 0. The lowest BCUT2D eigenvalue weighted by Crippen LogP contribution is -2.19. The van der Waals surface area contributed by atoms with Crippen LogP contribution < -0.4 is 0 Å². The third kappa shape index (κ3) is 8.61. The van der Waals surface area contributed by atoms with E-state index in [0.29, 0.717) is 11.8 Å². The molecule has 25 heavy (non-hydrogen) atoms. The molecule has 0 aromatic heterocycles. The van der Waals surface area contributed by atoms with Gasteiger partial charge in [-0.3, -0.25) is 0 Å². The molecule has 0 saturated heterocycles. The lowest BCUT2D eigenvalue weighted by molar-refractivity contribution is 0.205. The fourth-order valence-corrected chi connectivity index (χ4v) is 4.29. The summed E-state index contributed by atoms with van der Waals surface area (Å²) in [4.78, 5) is 0. The molecule has 0 amide bonds. The van der Waals surface area contributed by atoms with Gasteiger partial charge in [0.15, 0.2) is 0 Å². The van der Waals surface area contributed by atoms with Gasteiger partial charge in [0.25, 0.3) is 0 Å². The van der Waals surface area contributed by atoms with Crippen LogP contribution in [0.4, 0.5) is 0 Å². The predicted molar refractivity (Wildman–Crippen MR) is 115 cm³/mol. The van der Waals surface area contributed by atoms with Gasteiger partial charge in [-0.05, 0) is 66.6 Å². The molecule has 0 spiro atoms. The highest BCUT2D eigenvalue weighted by molar-refractivity contribution is 5.14. The molecule has 0 heterocycles. The van der Waals surface area contributed by atoms with E-state index in [1.165, 1.54) is 32.1 Å². The monoisotopic (exact) mass is 346 g/mol. The van der Waals surface area contributed by atoms with Crippen molar-refractivity contribution >= 4 is 0 Å². The lowest BCUT2D eigenvalue weighted by atomic mass is 9.75. The smallest absolute Gasteiger partial charge is 0.00300 e. The molecular weight excluding hydrogens is 300 g/mol. The van der Waals surface area contributed by atoms with Crippen molar-refractivity contribution in [3.05, 3.63) is 24.3 Å². The van der Waals surface area contributed by atoms with Gasteiger partial charge in [0.05, 0.1) is 0 Å². The minimum absolute atomic E-state index is 0.667. The van der Waals surface area contributed by atoms with Gasteiger partial charge in [-0.25, -0.2) is 0 Å². The average Bonchev–Trinajstić information content (AvgIpc) is 2.55. The zero-order valence-electron chi connectivity index (χ0n) is 18.5. The van der Waals surface area contributed by atoms with Gasteiger partial charge in [-0.1, -0.05) is 92.5 Å². The summed E-state index contributed by atoms with van der Waals surface area (Å²) in [6.07, 6.45) is 16.9. The Bertz CT molecular complexity index is 354. The van der Waals surface area contributed by atoms with Gasteiger partial charge in [0, 0.05) is 0 Å². The third-order valence-electron chi connectivity index (χ3n) is 6.29. The van der Waals surface area contributed by atoms with Crippen LogP contribution in [0.15, 0.2) is 24.3 Å². The largest absolute Gasteiger partial charge is 0.0808 e. The Morgan fingerprint density at radius 3 is 1.28 bits per heavy atom. The fraction of sp³-hybridized carbons (Fsp3) is 0.840. The molecule has 0 nitrogen and oxygen atoms in total. The van der Waals surface area contributed by atoms with Crippen LogP contribution in [0.25, 0.3) is 0 Å². The minimum atomic E-state index is 0.667. The van der Waals surface area contributed by atoms with E-state index in [1.54, 1.807) is 0 Å². The van der Waals surface area contributed by atoms with Crippen molar-refractivity contribution in [2.75, 3.05) is 0 Å². The maximum absolute atomic E-state index is 2.38. The third-order valence-corrected chi connectivity index (χ3v) is 6.29. The molecule has 0 radical (unpaired) electrons. The first kappa shape index (κ1) is 22.5. The summed E-state index contributed by atoms with van der Waals surface area (Å²) in [6, 6.07) is 0. The maximum atomic E-state index is 2.38. The van der Waals surface area contributed by atoms with E-state index in [1.807, 2.05) is 0 Å². The predicted octanol–water partition coefficient (Wildman–Crippen LogP) is 8.15. The zero-order chi connectivity index (χ0) is 19.0. The molecule has 0 heteroatoms. The van der Waals surface area contributed by atoms with Crippen molar-refractivity contribution in [1.29, 1.82) is 0 Å². The highest BCUT2D eigenvalue weighted by Gasteiger charge is 2.23. The molecular formula is C25H46. The van der Waals surface area contributed by atoms with Crippen LogP contribution in [0.5, 0.6) is 0 Å². The van der Waals surface area contributed by atoms with E-state index in [4.69, 9.17) is 0 Å². The number of rotatable bonds is 5. The van der Waals surface area contributed by atoms with Gasteiger partial charge in [0.1, 0.15) is 0 Å². The minimum Gasteiger partial charge on any atom is -0.0808 e. The first-order valence-electron chi connectivity index (χ1n) is 11.1. The van der Waals surface area contributed by atoms with E-state index in [0.717, 1.165) is 35.5 Å². The van der Waals surface area contributed by atoms with Crippen molar-refractivity contribution in [3.63, 3.8) is 0 Å². The van der Waals surface area contributed by atoms with Crippen LogP contribution in [0.3, 0.4) is 0 Å². The highest BCUT2D eigenvalue weighted by atomic mass is 14.3. The lowest BCUT2D eigenvalue weighted by Gasteiger charge is -2.31. The Balaban J connectivity index is 0.000000251. The summed E-state index contributed by atoms with van der Waals surface area (Å²) < 4.78 is 0. The molecule has 0 aromatic carbocycles. The van der Waals surface area contributed by atoms with Gasteiger partial charge in [0.2, 0.25) is 0 Å². The summed E-state index contributed by atoms with van der Waals surface area (Å²) in [7, 11) is 0. The molecule has 0 N–H and O–H groups in total. The summed E-state index contributed by atoms with van der Waals surface area (Å²) in [5.74, 6) is 6.72. The Kier molecular flexibility index (Phi) is 10.1. The molecule has 1 saturated carbocycles. The fourth-order valence-electron chi connectivity index (χ4n) is 4.29. The summed E-state index contributed by atoms with van der Waals surface area (Å²) in [5.41, 5.74) is 0. The highest BCUT2D eigenvalue weighted by Crippen LogP contribution is 2.35. The van der Waals surface area contributed by atoms with Crippen LogP contribution in [-0.4, -0.2) is 0 Å². The van der Waals surface area contributed by atoms with Crippen LogP contribution in [0.2, 0.25) is 0 Å². The molecule has 2 rings (SSSR count). The second-order valence-corrected chi connectivity index (χ2v) is 10.1. The maximum Gasteiger partial charge on any atom is -0.00300 e. The van der Waals surface area contributed by atoms with E-state index >= 15 is 0 Å². The summed E-state index contributed by atoms with van der Waals surface area (Å²) in [6.45, 7) is 18.6. The molecule has 0 atom stereocenters. The molecule has 146 valence electrons. The van der Waals surface area contributed by atoms with E-state index in [2.05, 4.69) is 79.7 Å². The van der Waals surface area contributed by atoms with Crippen LogP contribution in [0.1, 0.15) is 87.5 Å².